The zero-order chi connectivity index (χ0) is 13.5. The second-order valence-electron chi connectivity index (χ2n) is 4.39. The molecule has 0 radical (unpaired) electrons. The Balaban J connectivity index is -0.000000165. The van der Waals surface area contributed by atoms with Crippen molar-refractivity contribution in [1.29, 1.82) is 0 Å². The summed E-state index contributed by atoms with van der Waals surface area (Å²) in [5.74, 6) is -1.08. The molecule has 3 nitrogen and oxygen atoms in total. The summed E-state index contributed by atoms with van der Waals surface area (Å²) in [4.78, 5) is 8.89. The molecule has 0 aliphatic carbocycles. The van der Waals surface area contributed by atoms with Crippen molar-refractivity contribution >= 4 is 13.9 Å². The van der Waals surface area contributed by atoms with Crippen LogP contribution in [0, 0.1) is 0 Å². The molecule has 0 aromatic rings. The summed E-state index contributed by atoms with van der Waals surface area (Å²) < 4.78 is 0. The van der Waals surface area contributed by atoms with E-state index in [1.165, 1.54) is 38.5 Å². The zero-order valence-corrected chi connectivity index (χ0v) is 17.6. The van der Waals surface area contributed by atoms with Gasteiger partial charge in [-0.1, -0.05) is 40.0 Å². The third-order valence-electron chi connectivity index (χ3n) is 2.48. The van der Waals surface area contributed by atoms with Crippen LogP contribution in [0.3, 0.4) is 0 Å². The van der Waals surface area contributed by atoms with Gasteiger partial charge in [-0.2, -0.15) is 0 Å². The molecule has 112 valence electrons. The van der Waals surface area contributed by atoms with Crippen LogP contribution in [0.4, 0.5) is 0 Å². The SMILES string of the molecule is CC(=O)[O-].CCCCP(CCCC)CCCC.O.[K+]. The number of carbonyl (C=O) groups excluding carboxylic acids is 1. The Kier molecular flexibility index (Phi) is 36.9. The van der Waals surface area contributed by atoms with E-state index in [1.54, 1.807) is 18.5 Å². The molecule has 0 saturated carbocycles. The summed E-state index contributed by atoms with van der Waals surface area (Å²) in [5, 5.41) is 8.89. The second-order valence-corrected chi connectivity index (χ2v) is 7.08. The molecule has 0 saturated heterocycles. The van der Waals surface area contributed by atoms with Gasteiger partial charge in [0.25, 0.3) is 0 Å². The van der Waals surface area contributed by atoms with Crippen molar-refractivity contribution in [3.8, 4) is 0 Å². The molecule has 2 N–H and O–H groups in total. The Bertz CT molecular complexity index is 146. The van der Waals surface area contributed by atoms with Crippen molar-refractivity contribution in [2.24, 2.45) is 0 Å². The molecule has 0 rings (SSSR count). The number of aliphatic carboxylic acids is 1. The van der Waals surface area contributed by atoms with Crippen molar-refractivity contribution in [2.75, 3.05) is 18.5 Å². The number of unbranched alkanes of at least 4 members (excludes halogenated alkanes) is 3. The van der Waals surface area contributed by atoms with Crippen LogP contribution in [0.15, 0.2) is 0 Å². The normalized spacial score (nSPS) is 8.89. The minimum atomic E-state index is -1.08. The Morgan fingerprint density at radius 1 is 0.895 bits per heavy atom. The average Bonchev–Trinajstić information content (AvgIpc) is 2.27. The van der Waals surface area contributed by atoms with Gasteiger partial charge in [-0.25, -0.2) is 0 Å². The molecule has 0 aromatic heterocycles. The fourth-order valence-electron chi connectivity index (χ4n) is 1.48. The summed E-state index contributed by atoms with van der Waals surface area (Å²) in [5.41, 5.74) is 0. The molecule has 0 amide bonds. The molecule has 0 atom stereocenters. The van der Waals surface area contributed by atoms with Gasteiger partial charge >= 0.3 is 51.4 Å². The Morgan fingerprint density at radius 2 is 1.11 bits per heavy atom. The van der Waals surface area contributed by atoms with Crippen LogP contribution in [0.5, 0.6) is 0 Å². The first kappa shape index (κ1) is 28.6. The molecule has 0 bridgehead atoms. The quantitative estimate of drug-likeness (QED) is 0.436. The van der Waals surface area contributed by atoms with E-state index in [-0.39, 0.29) is 56.9 Å². The first-order valence-corrected chi connectivity index (χ1v) is 8.88. The molecular weight excluding hydrogens is 286 g/mol. The van der Waals surface area contributed by atoms with Crippen LogP contribution < -0.4 is 56.5 Å². The minimum absolute atomic E-state index is 0. The van der Waals surface area contributed by atoms with Gasteiger partial charge in [0, 0.05) is 5.97 Å². The fourth-order valence-corrected chi connectivity index (χ4v) is 4.44. The van der Waals surface area contributed by atoms with Crippen LogP contribution in [-0.2, 0) is 4.79 Å². The molecule has 0 spiro atoms. The summed E-state index contributed by atoms with van der Waals surface area (Å²) in [6.45, 7) is 7.91. The van der Waals surface area contributed by atoms with Crippen molar-refractivity contribution in [1.82, 2.24) is 0 Å². The Labute approximate surface area is 163 Å². The predicted octanol–water partition coefficient (Wildman–Crippen LogP) is -0.196. The largest absolute Gasteiger partial charge is 1.00 e. The van der Waals surface area contributed by atoms with Gasteiger partial charge in [0.15, 0.2) is 0 Å². The zero-order valence-electron chi connectivity index (χ0n) is 13.6. The molecular formula is C14H32KO3P. The van der Waals surface area contributed by atoms with Crippen molar-refractivity contribution in [2.45, 2.75) is 66.2 Å². The molecule has 0 fully saturated rings. The van der Waals surface area contributed by atoms with Gasteiger partial charge < -0.3 is 15.4 Å². The number of hydrogen-bond donors (Lipinski definition) is 0. The fraction of sp³-hybridized carbons (Fsp3) is 0.929. The molecule has 0 aliphatic rings. The van der Waals surface area contributed by atoms with Gasteiger partial charge in [0.2, 0.25) is 0 Å². The van der Waals surface area contributed by atoms with E-state index in [0.717, 1.165) is 6.92 Å². The summed E-state index contributed by atoms with van der Waals surface area (Å²) in [7, 11) is 0.422. The number of rotatable bonds is 9. The summed E-state index contributed by atoms with van der Waals surface area (Å²) >= 11 is 0. The number of carboxylic acid groups (broad SMARTS) is 1. The first-order chi connectivity index (χ1) is 8.08. The van der Waals surface area contributed by atoms with Crippen LogP contribution in [-0.4, -0.2) is 29.9 Å². The summed E-state index contributed by atoms with van der Waals surface area (Å²) in [6.07, 6.45) is 13.2. The third kappa shape index (κ3) is 32.8. The maximum Gasteiger partial charge on any atom is 1.00 e. The van der Waals surface area contributed by atoms with Gasteiger partial charge in [0.05, 0.1) is 0 Å². The maximum atomic E-state index is 8.89. The molecule has 0 aliphatic heterocycles. The van der Waals surface area contributed by atoms with Gasteiger partial charge in [-0.3, -0.25) is 0 Å². The average molecular weight is 318 g/mol. The number of carbonyl (C=O) groups is 1. The summed E-state index contributed by atoms with van der Waals surface area (Å²) in [6, 6.07) is 0. The topological polar surface area (TPSA) is 71.6 Å². The smallest absolute Gasteiger partial charge is 0.550 e. The van der Waals surface area contributed by atoms with E-state index in [1.807, 2.05) is 0 Å². The van der Waals surface area contributed by atoms with E-state index in [0.29, 0.717) is 7.92 Å². The van der Waals surface area contributed by atoms with Crippen LogP contribution in [0.2, 0.25) is 0 Å². The predicted molar refractivity (Wildman–Crippen MR) is 80.5 cm³/mol. The Morgan fingerprint density at radius 3 is 1.26 bits per heavy atom. The van der Waals surface area contributed by atoms with E-state index in [4.69, 9.17) is 9.90 Å². The van der Waals surface area contributed by atoms with E-state index < -0.39 is 5.97 Å². The van der Waals surface area contributed by atoms with Crippen LogP contribution >= 0.6 is 7.92 Å². The van der Waals surface area contributed by atoms with Gasteiger partial charge in [-0.05, 0) is 44.7 Å². The molecule has 0 aromatic carbocycles. The Hall–Kier alpha value is 1.50. The maximum absolute atomic E-state index is 8.89. The first-order valence-electron chi connectivity index (χ1n) is 6.98. The molecule has 19 heavy (non-hydrogen) atoms. The van der Waals surface area contributed by atoms with Gasteiger partial charge in [-0.15, -0.1) is 7.92 Å². The third-order valence-corrected chi connectivity index (χ3v) is 5.33. The number of hydrogen-bond acceptors (Lipinski definition) is 2. The molecule has 0 heterocycles. The standard InChI is InChI=1S/C12H27P.C2H4O2.K.H2O/c1-4-7-10-13(11-8-5-2)12-9-6-3;1-2(3)4;;/h4-12H2,1-3H3;1H3,(H,3,4);;1H2/q;;+1;/p-1. The van der Waals surface area contributed by atoms with Crippen molar-refractivity contribution in [3.63, 3.8) is 0 Å². The second kappa shape index (κ2) is 24.5. The van der Waals surface area contributed by atoms with Crippen molar-refractivity contribution < 1.29 is 66.8 Å². The van der Waals surface area contributed by atoms with Crippen LogP contribution in [0.1, 0.15) is 66.2 Å². The van der Waals surface area contributed by atoms with Gasteiger partial charge in [0.1, 0.15) is 0 Å². The molecule has 5 heteroatoms. The van der Waals surface area contributed by atoms with E-state index in [2.05, 4.69) is 20.8 Å². The monoisotopic (exact) mass is 318 g/mol. The van der Waals surface area contributed by atoms with E-state index >= 15 is 0 Å². The molecule has 0 unspecified atom stereocenters. The van der Waals surface area contributed by atoms with Crippen molar-refractivity contribution in [3.05, 3.63) is 0 Å². The van der Waals surface area contributed by atoms with Crippen LogP contribution in [0.25, 0.3) is 0 Å². The van der Waals surface area contributed by atoms with E-state index in [9.17, 15) is 0 Å². The minimum Gasteiger partial charge on any atom is -0.550 e. The number of carboxylic acids is 1.